The van der Waals surface area contributed by atoms with E-state index in [-0.39, 0.29) is 18.3 Å². The van der Waals surface area contributed by atoms with Crippen molar-refractivity contribution in [1.29, 1.82) is 0 Å². The summed E-state index contributed by atoms with van der Waals surface area (Å²) < 4.78 is 23.5. The molecule has 0 aliphatic carbocycles. The Kier molecular flexibility index (Phi) is 7.42. The Morgan fingerprint density at radius 3 is 2.46 bits per heavy atom. The standard InChI is InChI=1S/C19H21FN2O4/c20-14-7-9-15(10-8-14)25-12-4-3-11-22-19(24)16-5-1-2-6-17(16)26-13-18(21)23/h1-2,5-10H,3-4,11-13H2,(H2,21,23)(H,22,24). The maximum absolute atomic E-state index is 12.8. The molecule has 138 valence electrons. The smallest absolute Gasteiger partial charge is 0.255 e. The van der Waals surface area contributed by atoms with Gasteiger partial charge in [0, 0.05) is 6.54 Å². The lowest BCUT2D eigenvalue weighted by atomic mass is 10.2. The quantitative estimate of drug-likeness (QED) is 0.636. The molecule has 0 saturated carbocycles. The van der Waals surface area contributed by atoms with Crippen LogP contribution >= 0.6 is 0 Å². The van der Waals surface area contributed by atoms with Gasteiger partial charge in [-0.1, -0.05) is 12.1 Å². The van der Waals surface area contributed by atoms with Crippen molar-refractivity contribution in [2.75, 3.05) is 19.8 Å². The van der Waals surface area contributed by atoms with Gasteiger partial charge >= 0.3 is 0 Å². The summed E-state index contributed by atoms with van der Waals surface area (Å²) in [6, 6.07) is 12.5. The average molecular weight is 360 g/mol. The van der Waals surface area contributed by atoms with Crippen molar-refractivity contribution in [2.24, 2.45) is 5.73 Å². The Morgan fingerprint density at radius 1 is 1.00 bits per heavy atom. The van der Waals surface area contributed by atoms with E-state index in [9.17, 15) is 14.0 Å². The Balaban J connectivity index is 1.70. The number of primary amides is 1. The van der Waals surface area contributed by atoms with Crippen LogP contribution in [0.25, 0.3) is 0 Å². The zero-order chi connectivity index (χ0) is 18.8. The summed E-state index contributed by atoms with van der Waals surface area (Å²) in [7, 11) is 0. The van der Waals surface area contributed by atoms with E-state index in [2.05, 4.69) is 5.32 Å². The van der Waals surface area contributed by atoms with Gasteiger partial charge in [-0.3, -0.25) is 9.59 Å². The molecule has 0 atom stereocenters. The lowest BCUT2D eigenvalue weighted by molar-refractivity contribution is -0.119. The number of hydrogen-bond donors (Lipinski definition) is 2. The monoisotopic (exact) mass is 360 g/mol. The highest BCUT2D eigenvalue weighted by atomic mass is 19.1. The number of benzene rings is 2. The van der Waals surface area contributed by atoms with Crippen LogP contribution in [0.15, 0.2) is 48.5 Å². The van der Waals surface area contributed by atoms with Gasteiger partial charge in [-0.15, -0.1) is 0 Å². The molecular formula is C19H21FN2O4. The Bertz CT molecular complexity index is 735. The Morgan fingerprint density at radius 2 is 1.73 bits per heavy atom. The number of nitrogens with two attached hydrogens (primary N) is 1. The highest BCUT2D eigenvalue weighted by Crippen LogP contribution is 2.17. The molecule has 0 bridgehead atoms. The van der Waals surface area contributed by atoms with E-state index in [1.54, 1.807) is 36.4 Å². The number of rotatable bonds is 10. The number of halogens is 1. The fraction of sp³-hybridized carbons (Fsp3) is 0.263. The number of amides is 2. The van der Waals surface area contributed by atoms with Gasteiger partial charge in [0.1, 0.15) is 17.3 Å². The normalized spacial score (nSPS) is 10.2. The molecule has 3 N–H and O–H groups in total. The lowest BCUT2D eigenvalue weighted by Gasteiger charge is -2.11. The number of hydrogen-bond acceptors (Lipinski definition) is 4. The largest absolute Gasteiger partial charge is 0.494 e. The molecule has 0 unspecified atom stereocenters. The van der Waals surface area contributed by atoms with Crippen molar-refractivity contribution < 1.29 is 23.5 Å². The number of carbonyl (C=O) groups is 2. The SMILES string of the molecule is NC(=O)COc1ccccc1C(=O)NCCCCOc1ccc(F)cc1. The summed E-state index contributed by atoms with van der Waals surface area (Å²) in [6.07, 6.45) is 1.45. The summed E-state index contributed by atoms with van der Waals surface area (Å²) in [5.41, 5.74) is 5.39. The molecule has 0 saturated heterocycles. The highest BCUT2D eigenvalue weighted by Gasteiger charge is 2.12. The van der Waals surface area contributed by atoms with E-state index in [0.29, 0.717) is 30.2 Å². The fourth-order valence-corrected chi connectivity index (χ4v) is 2.17. The number of ether oxygens (including phenoxy) is 2. The van der Waals surface area contributed by atoms with Gasteiger partial charge in [-0.25, -0.2) is 4.39 Å². The minimum absolute atomic E-state index is 0.287. The van der Waals surface area contributed by atoms with Crippen molar-refractivity contribution in [1.82, 2.24) is 5.32 Å². The van der Waals surface area contributed by atoms with Crippen molar-refractivity contribution >= 4 is 11.8 Å². The Hall–Kier alpha value is -3.09. The minimum Gasteiger partial charge on any atom is -0.494 e. The Labute approximate surface area is 151 Å². The van der Waals surface area contributed by atoms with E-state index in [1.807, 2.05) is 0 Å². The number of carbonyl (C=O) groups excluding carboxylic acids is 2. The van der Waals surface area contributed by atoms with Crippen LogP contribution in [0.3, 0.4) is 0 Å². The predicted molar refractivity (Wildman–Crippen MR) is 94.6 cm³/mol. The van der Waals surface area contributed by atoms with E-state index in [1.165, 1.54) is 12.1 Å². The van der Waals surface area contributed by atoms with Crippen LogP contribution in [-0.4, -0.2) is 31.6 Å². The zero-order valence-corrected chi connectivity index (χ0v) is 14.2. The van der Waals surface area contributed by atoms with Crippen LogP contribution in [0.2, 0.25) is 0 Å². The van der Waals surface area contributed by atoms with Crippen molar-refractivity contribution in [2.45, 2.75) is 12.8 Å². The summed E-state index contributed by atoms with van der Waals surface area (Å²) in [5.74, 6) is -0.287. The summed E-state index contributed by atoms with van der Waals surface area (Å²) in [4.78, 5) is 23.0. The van der Waals surface area contributed by atoms with E-state index in [4.69, 9.17) is 15.2 Å². The molecule has 0 aromatic heterocycles. The molecule has 7 heteroatoms. The van der Waals surface area contributed by atoms with Crippen LogP contribution in [0.4, 0.5) is 4.39 Å². The first kappa shape index (κ1) is 19.2. The molecule has 0 aliphatic heterocycles. The van der Waals surface area contributed by atoms with Crippen LogP contribution < -0.4 is 20.5 Å². The molecule has 0 fully saturated rings. The highest BCUT2D eigenvalue weighted by molar-refractivity contribution is 5.97. The first-order chi connectivity index (χ1) is 12.6. The van der Waals surface area contributed by atoms with Crippen molar-refractivity contribution in [3.8, 4) is 11.5 Å². The van der Waals surface area contributed by atoms with Crippen LogP contribution in [-0.2, 0) is 4.79 Å². The summed E-state index contributed by atoms with van der Waals surface area (Å²) in [6.45, 7) is 0.653. The molecule has 26 heavy (non-hydrogen) atoms. The summed E-state index contributed by atoms with van der Waals surface area (Å²) >= 11 is 0. The third-order valence-corrected chi connectivity index (χ3v) is 3.44. The molecule has 2 amide bonds. The molecule has 2 aromatic rings. The third kappa shape index (κ3) is 6.43. The van der Waals surface area contributed by atoms with Gasteiger partial charge < -0.3 is 20.5 Å². The van der Waals surface area contributed by atoms with Crippen LogP contribution in [0, 0.1) is 5.82 Å². The molecular weight excluding hydrogens is 339 g/mol. The fourth-order valence-electron chi connectivity index (χ4n) is 2.17. The second-order valence-corrected chi connectivity index (χ2v) is 5.52. The van der Waals surface area contributed by atoms with Gasteiger partial charge in [0.15, 0.2) is 6.61 Å². The molecule has 2 rings (SSSR count). The van der Waals surface area contributed by atoms with E-state index < -0.39 is 5.91 Å². The van der Waals surface area contributed by atoms with Gasteiger partial charge in [0.25, 0.3) is 11.8 Å². The molecule has 6 nitrogen and oxygen atoms in total. The number of para-hydroxylation sites is 1. The van der Waals surface area contributed by atoms with E-state index in [0.717, 1.165) is 12.8 Å². The maximum atomic E-state index is 12.8. The third-order valence-electron chi connectivity index (χ3n) is 3.44. The van der Waals surface area contributed by atoms with Crippen molar-refractivity contribution in [3.63, 3.8) is 0 Å². The van der Waals surface area contributed by atoms with Gasteiger partial charge in [-0.05, 0) is 49.2 Å². The maximum Gasteiger partial charge on any atom is 0.255 e. The zero-order valence-electron chi connectivity index (χ0n) is 14.2. The average Bonchev–Trinajstić information content (AvgIpc) is 2.64. The first-order valence-electron chi connectivity index (χ1n) is 8.23. The van der Waals surface area contributed by atoms with Crippen molar-refractivity contribution in [3.05, 3.63) is 59.9 Å². The molecule has 2 aromatic carbocycles. The van der Waals surface area contributed by atoms with E-state index >= 15 is 0 Å². The second-order valence-electron chi connectivity index (χ2n) is 5.52. The van der Waals surface area contributed by atoms with Gasteiger partial charge in [0.05, 0.1) is 12.2 Å². The molecule has 0 radical (unpaired) electrons. The van der Waals surface area contributed by atoms with Gasteiger partial charge in [0.2, 0.25) is 0 Å². The molecule has 0 heterocycles. The van der Waals surface area contributed by atoms with Gasteiger partial charge in [-0.2, -0.15) is 0 Å². The minimum atomic E-state index is -0.610. The predicted octanol–water partition coefficient (Wildman–Crippen LogP) is 2.28. The molecule has 0 spiro atoms. The molecule has 0 aliphatic rings. The number of unbranched alkanes of at least 4 members (excludes halogenated alkanes) is 1. The first-order valence-corrected chi connectivity index (χ1v) is 8.23. The summed E-state index contributed by atoms with van der Waals surface area (Å²) in [5, 5.41) is 2.79. The van der Waals surface area contributed by atoms with Crippen LogP contribution in [0.5, 0.6) is 11.5 Å². The van der Waals surface area contributed by atoms with Crippen LogP contribution in [0.1, 0.15) is 23.2 Å². The number of nitrogens with one attached hydrogen (secondary N) is 1. The second kappa shape index (κ2) is 10.0. The lowest BCUT2D eigenvalue weighted by Crippen LogP contribution is -2.26. The topological polar surface area (TPSA) is 90.7 Å².